The van der Waals surface area contributed by atoms with Crippen LogP contribution in [0.5, 0.6) is 0 Å². The Labute approximate surface area is 146 Å². The first-order chi connectivity index (χ1) is 10.9. The third-order valence-corrected chi connectivity index (χ3v) is 4.22. The summed E-state index contributed by atoms with van der Waals surface area (Å²) in [6, 6.07) is 2.25. The Kier molecular flexibility index (Phi) is 7.58. The van der Waals surface area contributed by atoms with E-state index in [9.17, 15) is 9.59 Å². The van der Waals surface area contributed by atoms with E-state index in [4.69, 9.17) is 10.5 Å². The zero-order valence-electron chi connectivity index (χ0n) is 15.9. The molecule has 0 aromatic heterocycles. The van der Waals surface area contributed by atoms with Gasteiger partial charge in [-0.1, -0.05) is 33.3 Å². The minimum Gasteiger partial charge on any atom is -0.300 e. The molecular weight excluding hydrogens is 300 g/mol. The summed E-state index contributed by atoms with van der Waals surface area (Å²) in [5.74, 6) is 0.518. The Morgan fingerprint density at radius 2 is 1.50 bits per heavy atom. The van der Waals surface area contributed by atoms with Crippen molar-refractivity contribution >= 4 is 11.6 Å². The van der Waals surface area contributed by atoms with Gasteiger partial charge in [-0.2, -0.15) is 5.26 Å². The van der Waals surface area contributed by atoms with Crippen LogP contribution in [0.3, 0.4) is 0 Å². The number of hydrogen-bond donors (Lipinski definition) is 0. The van der Waals surface area contributed by atoms with Crippen molar-refractivity contribution in [1.29, 1.82) is 10.5 Å². The van der Waals surface area contributed by atoms with Gasteiger partial charge in [0.15, 0.2) is 5.78 Å². The van der Waals surface area contributed by atoms with E-state index in [0.29, 0.717) is 19.3 Å². The van der Waals surface area contributed by atoms with Crippen molar-refractivity contribution in [3.05, 3.63) is 11.6 Å². The van der Waals surface area contributed by atoms with Crippen LogP contribution in [0, 0.1) is 39.4 Å². The van der Waals surface area contributed by atoms with Crippen molar-refractivity contribution in [2.24, 2.45) is 16.2 Å². The van der Waals surface area contributed by atoms with Gasteiger partial charge in [-0.05, 0) is 43.6 Å². The molecule has 24 heavy (non-hydrogen) atoms. The summed E-state index contributed by atoms with van der Waals surface area (Å²) >= 11 is 0. The van der Waals surface area contributed by atoms with Gasteiger partial charge >= 0.3 is 0 Å². The fraction of sp³-hybridized carbons (Fsp3) is 0.700. The fourth-order valence-corrected chi connectivity index (χ4v) is 3.96. The SMILES string of the molecule is C#N.CC1(C)CC(=O)CC(C)(C#N)C1.CC1=CC(=O)CC(C)(C)C1. The van der Waals surface area contributed by atoms with Gasteiger partial charge in [-0.25, -0.2) is 5.26 Å². The molecule has 0 bridgehead atoms. The second-order valence-electron chi connectivity index (χ2n) is 8.88. The predicted octanol–water partition coefficient (Wildman–Crippen LogP) is 4.76. The Hall–Kier alpha value is -1.94. The van der Waals surface area contributed by atoms with Crippen LogP contribution in [0.15, 0.2) is 11.6 Å². The van der Waals surface area contributed by atoms with Gasteiger partial charge in [0.2, 0.25) is 0 Å². The van der Waals surface area contributed by atoms with E-state index in [1.807, 2.05) is 13.8 Å². The molecule has 0 aromatic carbocycles. The van der Waals surface area contributed by atoms with Crippen molar-refractivity contribution in [3.63, 3.8) is 0 Å². The summed E-state index contributed by atoms with van der Waals surface area (Å²) in [6.45, 7) is 15.8. The minimum atomic E-state index is -0.418. The number of allylic oxidation sites excluding steroid dienone is 2. The molecule has 2 aliphatic rings. The van der Waals surface area contributed by atoms with Gasteiger partial charge in [0.05, 0.1) is 11.5 Å². The Morgan fingerprint density at radius 1 is 0.958 bits per heavy atom. The third kappa shape index (κ3) is 7.55. The first-order valence-electron chi connectivity index (χ1n) is 8.25. The highest BCUT2D eigenvalue weighted by molar-refractivity contribution is 5.91. The van der Waals surface area contributed by atoms with Crippen LogP contribution in [0.4, 0.5) is 0 Å². The van der Waals surface area contributed by atoms with Gasteiger partial charge < -0.3 is 0 Å². The van der Waals surface area contributed by atoms with Crippen molar-refractivity contribution < 1.29 is 9.59 Å². The van der Waals surface area contributed by atoms with E-state index < -0.39 is 5.41 Å². The standard InChI is InChI=1S/C10H15NO.C9H14O.CHN/c1-9(2)4-8(12)5-10(3,6-9)7-11;1-7-4-8(10)6-9(2,3)5-7;1-2/h4-6H2,1-3H3;4H,5-6H2,1-3H3;1H. The van der Waals surface area contributed by atoms with Crippen molar-refractivity contribution in [2.45, 2.75) is 73.6 Å². The van der Waals surface area contributed by atoms with Crippen LogP contribution in [-0.2, 0) is 9.59 Å². The summed E-state index contributed by atoms with van der Waals surface area (Å²) in [5, 5.41) is 15.4. The second kappa shape index (κ2) is 8.25. The Morgan fingerprint density at radius 3 is 1.88 bits per heavy atom. The molecule has 1 unspecified atom stereocenters. The van der Waals surface area contributed by atoms with E-state index in [0.717, 1.165) is 12.8 Å². The lowest BCUT2D eigenvalue weighted by Crippen LogP contribution is -2.34. The van der Waals surface area contributed by atoms with Crippen LogP contribution < -0.4 is 0 Å². The minimum absolute atomic E-state index is 0.0137. The average molecular weight is 330 g/mol. The molecule has 0 N–H and O–H groups in total. The molecule has 1 saturated carbocycles. The van der Waals surface area contributed by atoms with Crippen LogP contribution in [0.2, 0.25) is 0 Å². The molecule has 0 aliphatic heterocycles. The highest BCUT2D eigenvalue weighted by Gasteiger charge is 2.40. The number of nitriles is 2. The number of ketones is 2. The highest BCUT2D eigenvalue weighted by Crippen LogP contribution is 2.43. The van der Waals surface area contributed by atoms with Crippen LogP contribution >= 0.6 is 0 Å². The zero-order chi connectivity index (χ0) is 19.2. The maximum Gasteiger partial charge on any atom is 0.156 e. The van der Waals surface area contributed by atoms with Crippen molar-refractivity contribution in [1.82, 2.24) is 0 Å². The van der Waals surface area contributed by atoms with Gasteiger partial charge in [0, 0.05) is 25.8 Å². The Balaban J connectivity index is 0.000000405. The fourth-order valence-electron chi connectivity index (χ4n) is 3.96. The van der Waals surface area contributed by atoms with Gasteiger partial charge in [-0.15, -0.1) is 0 Å². The molecule has 0 saturated heterocycles. The summed E-state index contributed by atoms with van der Waals surface area (Å²) in [4.78, 5) is 22.3. The summed E-state index contributed by atoms with van der Waals surface area (Å²) < 4.78 is 0. The molecule has 0 radical (unpaired) electrons. The maximum absolute atomic E-state index is 11.3. The van der Waals surface area contributed by atoms with Crippen molar-refractivity contribution in [3.8, 4) is 12.6 Å². The quantitative estimate of drug-likeness (QED) is 0.641. The highest BCUT2D eigenvalue weighted by atomic mass is 16.1. The maximum atomic E-state index is 11.3. The van der Waals surface area contributed by atoms with Gasteiger partial charge in [-0.3, -0.25) is 9.59 Å². The monoisotopic (exact) mass is 330 g/mol. The molecule has 4 heteroatoms. The molecule has 0 heterocycles. The number of carbonyl (C=O) groups is 2. The molecule has 1 atom stereocenters. The molecule has 0 spiro atoms. The molecular formula is C20H30N2O2. The van der Waals surface area contributed by atoms with Crippen molar-refractivity contribution in [2.75, 3.05) is 0 Å². The lowest BCUT2D eigenvalue weighted by atomic mass is 9.65. The number of nitrogens with zero attached hydrogens (tertiary/aromatic N) is 2. The lowest BCUT2D eigenvalue weighted by Gasteiger charge is -2.37. The van der Waals surface area contributed by atoms with Gasteiger partial charge in [0.25, 0.3) is 0 Å². The number of Topliss-reactive ketones (excluding diaryl/α,β-unsaturated/α-hetero) is 1. The smallest absolute Gasteiger partial charge is 0.156 e. The third-order valence-electron chi connectivity index (χ3n) is 4.22. The lowest BCUT2D eigenvalue weighted by molar-refractivity contribution is -0.126. The Bertz CT molecular complexity index is 576. The summed E-state index contributed by atoms with van der Waals surface area (Å²) in [6.07, 6.45) is 5.45. The summed E-state index contributed by atoms with van der Waals surface area (Å²) in [5.41, 5.74) is 1.02. The molecule has 1 fully saturated rings. The number of hydrogen-bond acceptors (Lipinski definition) is 4. The zero-order valence-corrected chi connectivity index (χ0v) is 15.9. The van der Waals surface area contributed by atoms with Crippen LogP contribution in [0.25, 0.3) is 0 Å². The molecule has 0 amide bonds. The van der Waals surface area contributed by atoms with Crippen LogP contribution in [0.1, 0.15) is 73.6 Å². The first kappa shape index (κ1) is 22.1. The molecule has 132 valence electrons. The first-order valence-corrected chi connectivity index (χ1v) is 8.25. The van der Waals surface area contributed by atoms with E-state index >= 15 is 0 Å². The topological polar surface area (TPSA) is 81.7 Å². The largest absolute Gasteiger partial charge is 0.300 e. The molecule has 0 aromatic rings. The van der Waals surface area contributed by atoms with E-state index in [1.165, 1.54) is 5.57 Å². The normalized spacial score (nSPS) is 27.4. The van der Waals surface area contributed by atoms with E-state index in [-0.39, 0.29) is 22.4 Å². The van der Waals surface area contributed by atoms with E-state index in [2.05, 4.69) is 40.3 Å². The second-order valence-corrected chi connectivity index (χ2v) is 8.88. The van der Waals surface area contributed by atoms with E-state index in [1.54, 1.807) is 6.08 Å². The molecule has 2 aliphatic carbocycles. The number of carbonyl (C=O) groups excluding carboxylic acids is 2. The number of rotatable bonds is 0. The van der Waals surface area contributed by atoms with Crippen LogP contribution in [-0.4, -0.2) is 11.6 Å². The predicted molar refractivity (Wildman–Crippen MR) is 94.8 cm³/mol. The molecule has 2 rings (SSSR count). The average Bonchev–Trinajstić information content (AvgIpc) is 2.36. The summed E-state index contributed by atoms with van der Waals surface area (Å²) in [7, 11) is 0. The molecule has 4 nitrogen and oxygen atoms in total. The van der Waals surface area contributed by atoms with Gasteiger partial charge in [0.1, 0.15) is 5.78 Å².